The van der Waals surface area contributed by atoms with Gasteiger partial charge in [-0.05, 0) is 52.5 Å². The fraction of sp³-hybridized carbons (Fsp3) is 0.684. The van der Waals surface area contributed by atoms with Crippen molar-refractivity contribution in [2.45, 2.75) is 57.7 Å². The van der Waals surface area contributed by atoms with Crippen molar-refractivity contribution >= 4 is 11.9 Å². The van der Waals surface area contributed by atoms with E-state index in [1.807, 2.05) is 32.9 Å². The number of nitrogens with zero attached hydrogens (tertiary/aromatic N) is 3. The molecular weight excluding hydrogens is 318 g/mol. The number of amides is 1. The maximum atomic E-state index is 12.2. The van der Waals surface area contributed by atoms with E-state index >= 15 is 0 Å². The number of hydrogen-bond donors (Lipinski definition) is 1. The zero-order valence-corrected chi connectivity index (χ0v) is 15.5. The average molecular weight is 347 g/mol. The first-order valence-electron chi connectivity index (χ1n) is 9.19. The number of anilines is 1. The topological polar surface area (TPSA) is 65.9 Å². The van der Waals surface area contributed by atoms with Gasteiger partial charge < -0.3 is 19.6 Å². The summed E-state index contributed by atoms with van der Waals surface area (Å²) in [6.07, 6.45) is 4.91. The highest BCUT2D eigenvalue weighted by atomic mass is 16.6. The van der Waals surface area contributed by atoms with Gasteiger partial charge in [-0.3, -0.25) is 0 Å². The van der Waals surface area contributed by atoms with Crippen LogP contribution in [0.2, 0.25) is 0 Å². The minimum Gasteiger partial charge on any atom is -0.444 e. The van der Waals surface area contributed by atoms with Gasteiger partial charge >= 0.3 is 6.09 Å². The summed E-state index contributed by atoms with van der Waals surface area (Å²) in [5, 5.41) is 11.0. The number of ether oxygens (including phenoxy) is 1. The fourth-order valence-electron chi connectivity index (χ4n) is 3.47. The Balaban J connectivity index is 1.61. The maximum absolute atomic E-state index is 12.2. The van der Waals surface area contributed by atoms with Crippen LogP contribution < -0.4 is 4.90 Å². The molecule has 1 aromatic rings. The van der Waals surface area contributed by atoms with Crippen LogP contribution in [0.5, 0.6) is 0 Å². The van der Waals surface area contributed by atoms with Crippen molar-refractivity contribution in [2.75, 3.05) is 31.1 Å². The molecule has 1 aromatic heterocycles. The number of aromatic nitrogens is 1. The highest BCUT2D eigenvalue weighted by molar-refractivity contribution is 5.68. The Labute approximate surface area is 149 Å². The summed E-state index contributed by atoms with van der Waals surface area (Å²) in [7, 11) is 0. The van der Waals surface area contributed by atoms with Gasteiger partial charge in [0, 0.05) is 37.9 Å². The number of aliphatic hydroxyl groups is 1. The van der Waals surface area contributed by atoms with Gasteiger partial charge in [-0.2, -0.15) is 0 Å². The van der Waals surface area contributed by atoms with Crippen molar-refractivity contribution in [1.29, 1.82) is 0 Å². The monoisotopic (exact) mass is 347 g/mol. The highest BCUT2D eigenvalue weighted by Crippen LogP contribution is 2.33. The summed E-state index contributed by atoms with van der Waals surface area (Å²) in [5.41, 5.74) is -0.589. The lowest BCUT2D eigenvalue weighted by Gasteiger charge is -2.38. The minimum absolute atomic E-state index is 0.308. The molecule has 0 unspecified atom stereocenters. The standard InChI is InChI=1S/C19H29N3O3/c1-18(2,3)25-17(23)22-12-8-19(24,9-13-22)15-6-7-16(20-14-15)21-10-4-5-11-21/h6-7,14,24H,4-5,8-13H2,1-3H3. The SMILES string of the molecule is CC(C)(C)OC(=O)N1CCC(O)(c2ccc(N3CCCC3)nc2)CC1. The van der Waals surface area contributed by atoms with E-state index in [-0.39, 0.29) is 6.09 Å². The molecule has 2 aliphatic heterocycles. The molecule has 1 N–H and O–H groups in total. The molecule has 2 fully saturated rings. The van der Waals surface area contributed by atoms with Gasteiger partial charge in [-0.25, -0.2) is 9.78 Å². The van der Waals surface area contributed by atoms with Gasteiger partial charge in [0.2, 0.25) is 0 Å². The second-order valence-corrected chi connectivity index (χ2v) is 8.10. The van der Waals surface area contributed by atoms with Crippen molar-refractivity contribution in [3.63, 3.8) is 0 Å². The van der Waals surface area contributed by atoms with E-state index in [0.717, 1.165) is 24.5 Å². The molecule has 0 saturated carbocycles. The van der Waals surface area contributed by atoms with Gasteiger partial charge in [0.25, 0.3) is 0 Å². The molecule has 0 atom stereocenters. The van der Waals surface area contributed by atoms with Crippen molar-refractivity contribution < 1.29 is 14.6 Å². The number of piperidine rings is 1. The van der Waals surface area contributed by atoms with Crippen LogP contribution in [0, 0.1) is 0 Å². The number of rotatable bonds is 2. The molecule has 3 heterocycles. The first kappa shape index (κ1) is 18.0. The summed E-state index contributed by atoms with van der Waals surface area (Å²) < 4.78 is 5.41. The predicted octanol–water partition coefficient (Wildman–Crippen LogP) is 2.90. The third-order valence-corrected chi connectivity index (χ3v) is 4.96. The Morgan fingerprint density at radius 3 is 2.32 bits per heavy atom. The van der Waals surface area contributed by atoms with Crippen LogP contribution in [0.1, 0.15) is 52.0 Å². The molecule has 0 spiro atoms. The third-order valence-electron chi connectivity index (χ3n) is 4.96. The van der Waals surface area contributed by atoms with Crippen LogP contribution in [-0.2, 0) is 10.3 Å². The Bertz CT molecular complexity index is 595. The van der Waals surface area contributed by atoms with Crippen LogP contribution in [-0.4, -0.2) is 52.9 Å². The van der Waals surface area contributed by atoms with Gasteiger partial charge in [0.15, 0.2) is 0 Å². The van der Waals surface area contributed by atoms with Crippen LogP contribution in [0.3, 0.4) is 0 Å². The lowest BCUT2D eigenvalue weighted by atomic mass is 9.85. The fourth-order valence-corrected chi connectivity index (χ4v) is 3.47. The first-order chi connectivity index (χ1) is 11.8. The molecular formula is C19H29N3O3. The number of likely N-dealkylation sites (tertiary alicyclic amines) is 1. The Morgan fingerprint density at radius 1 is 1.16 bits per heavy atom. The molecule has 0 radical (unpaired) electrons. The highest BCUT2D eigenvalue weighted by Gasteiger charge is 2.37. The minimum atomic E-state index is -0.922. The van der Waals surface area contributed by atoms with Gasteiger partial charge in [-0.15, -0.1) is 0 Å². The summed E-state index contributed by atoms with van der Waals surface area (Å²) in [4.78, 5) is 20.7. The van der Waals surface area contributed by atoms with E-state index in [2.05, 4.69) is 9.88 Å². The van der Waals surface area contributed by atoms with E-state index in [1.54, 1.807) is 11.1 Å². The maximum Gasteiger partial charge on any atom is 0.410 e. The number of carbonyl (C=O) groups excluding carboxylic acids is 1. The quantitative estimate of drug-likeness (QED) is 0.891. The lowest BCUT2D eigenvalue weighted by Crippen LogP contribution is -2.46. The molecule has 2 saturated heterocycles. The van der Waals surface area contributed by atoms with Crippen LogP contribution in [0.15, 0.2) is 18.3 Å². The number of pyridine rings is 1. The van der Waals surface area contributed by atoms with Gasteiger partial charge in [-0.1, -0.05) is 6.07 Å². The predicted molar refractivity (Wildman–Crippen MR) is 96.6 cm³/mol. The molecule has 0 aliphatic carbocycles. The molecule has 0 aromatic carbocycles. The number of carbonyl (C=O) groups is 1. The Morgan fingerprint density at radius 2 is 1.80 bits per heavy atom. The Hall–Kier alpha value is -1.82. The van der Waals surface area contributed by atoms with Crippen molar-refractivity contribution in [3.05, 3.63) is 23.9 Å². The van der Waals surface area contributed by atoms with Crippen LogP contribution in [0.25, 0.3) is 0 Å². The van der Waals surface area contributed by atoms with Crippen molar-refractivity contribution in [3.8, 4) is 0 Å². The summed E-state index contributed by atoms with van der Waals surface area (Å²) in [6.45, 7) is 8.66. The third kappa shape index (κ3) is 4.24. The van der Waals surface area contributed by atoms with Crippen molar-refractivity contribution in [1.82, 2.24) is 9.88 Å². The average Bonchev–Trinajstić information content (AvgIpc) is 3.08. The smallest absolute Gasteiger partial charge is 0.410 e. The molecule has 6 nitrogen and oxygen atoms in total. The van der Waals surface area contributed by atoms with Crippen LogP contribution >= 0.6 is 0 Å². The largest absolute Gasteiger partial charge is 0.444 e. The van der Waals surface area contributed by atoms with E-state index in [0.29, 0.717) is 25.9 Å². The van der Waals surface area contributed by atoms with E-state index in [9.17, 15) is 9.90 Å². The molecule has 3 rings (SSSR count). The molecule has 6 heteroatoms. The zero-order valence-electron chi connectivity index (χ0n) is 15.5. The molecule has 2 aliphatic rings. The van der Waals surface area contributed by atoms with E-state index in [4.69, 9.17) is 4.74 Å². The molecule has 25 heavy (non-hydrogen) atoms. The number of hydrogen-bond acceptors (Lipinski definition) is 5. The normalized spacial score (nSPS) is 20.6. The van der Waals surface area contributed by atoms with Crippen molar-refractivity contribution in [2.24, 2.45) is 0 Å². The van der Waals surface area contributed by atoms with Gasteiger partial charge in [0.05, 0.1) is 5.60 Å². The van der Waals surface area contributed by atoms with E-state index < -0.39 is 11.2 Å². The Kier molecular flexibility index (Phi) is 4.91. The van der Waals surface area contributed by atoms with E-state index in [1.165, 1.54) is 12.8 Å². The second-order valence-electron chi connectivity index (χ2n) is 8.10. The molecule has 0 bridgehead atoms. The van der Waals surface area contributed by atoms with Crippen LogP contribution in [0.4, 0.5) is 10.6 Å². The summed E-state index contributed by atoms with van der Waals surface area (Å²) >= 11 is 0. The molecule has 1 amide bonds. The summed E-state index contributed by atoms with van der Waals surface area (Å²) in [5.74, 6) is 0.982. The summed E-state index contributed by atoms with van der Waals surface area (Å²) in [6, 6.07) is 3.97. The second kappa shape index (κ2) is 6.83. The zero-order chi connectivity index (χ0) is 18.1. The first-order valence-corrected chi connectivity index (χ1v) is 9.19. The lowest BCUT2D eigenvalue weighted by molar-refractivity contribution is -0.0358. The molecule has 138 valence electrons. The van der Waals surface area contributed by atoms with Gasteiger partial charge in [0.1, 0.15) is 11.4 Å².